The van der Waals surface area contributed by atoms with Crippen LogP contribution in [0.15, 0.2) is 60.8 Å². The van der Waals surface area contributed by atoms with E-state index in [-0.39, 0.29) is 0 Å². The second-order valence-electron chi connectivity index (χ2n) is 8.11. The van der Waals surface area contributed by atoms with E-state index >= 15 is 0 Å². The van der Waals surface area contributed by atoms with E-state index in [0.717, 1.165) is 17.2 Å². The number of hydrogen-bond acceptors (Lipinski definition) is 4. The molecule has 0 radical (unpaired) electrons. The van der Waals surface area contributed by atoms with Crippen molar-refractivity contribution in [1.82, 2.24) is 4.98 Å². The van der Waals surface area contributed by atoms with E-state index in [2.05, 4.69) is 78.9 Å². The first-order chi connectivity index (χ1) is 14.0. The fraction of sp³-hybridized carbons (Fsp3) is 0.280. The van der Waals surface area contributed by atoms with Gasteiger partial charge in [-0.1, -0.05) is 64.1 Å². The lowest BCUT2D eigenvalue weighted by Crippen LogP contribution is -2.26. The van der Waals surface area contributed by atoms with Crippen LogP contribution in [0.25, 0.3) is 0 Å². The van der Waals surface area contributed by atoms with Crippen molar-refractivity contribution in [2.75, 3.05) is 16.5 Å². The maximum atomic E-state index is 9.47. The molecule has 1 aliphatic heterocycles. The van der Waals surface area contributed by atoms with Gasteiger partial charge in [0.05, 0.1) is 11.3 Å². The van der Waals surface area contributed by atoms with Crippen LogP contribution < -0.4 is 9.80 Å². The lowest BCUT2D eigenvalue weighted by atomic mass is 9.92. The summed E-state index contributed by atoms with van der Waals surface area (Å²) in [4.78, 5) is 9.23. The van der Waals surface area contributed by atoms with Crippen LogP contribution in [0.1, 0.15) is 56.2 Å². The molecular formula is C25H26N4. The fourth-order valence-corrected chi connectivity index (χ4v) is 4.02. The van der Waals surface area contributed by atoms with E-state index < -0.39 is 0 Å². The summed E-state index contributed by atoms with van der Waals surface area (Å²) in [6.45, 7) is 9.61. The fourth-order valence-electron chi connectivity index (χ4n) is 4.02. The Hall–Kier alpha value is -3.32. The zero-order valence-electron chi connectivity index (χ0n) is 17.4. The Bertz CT molecular complexity index is 1040. The highest BCUT2D eigenvalue weighted by molar-refractivity contribution is 5.87. The van der Waals surface area contributed by atoms with E-state index in [1.54, 1.807) is 6.20 Å². The molecule has 0 bridgehead atoms. The monoisotopic (exact) mass is 382 g/mol. The maximum Gasteiger partial charge on any atom is 0.158 e. The summed E-state index contributed by atoms with van der Waals surface area (Å²) in [5.41, 5.74) is 6.55. The zero-order valence-corrected chi connectivity index (χ0v) is 17.4. The number of nitriles is 1. The lowest BCUT2D eigenvalue weighted by Gasteiger charge is -2.29. The van der Waals surface area contributed by atoms with Crippen LogP contribution in [0, 0.1) is 11.3 Å². The van der Waals surface area contributed by atoms with E-state index in [9.17, 15) is 5.26 Å². The minimum atomic E-state index is 0.394. The molecule has 0 atom stereocenters. The number of fused-ring (bicyclic) bond motifs is 1. The second kappa shape index (κ2) is 7.60. The number of para-hydroxylation sites is 2. The molecular weight excluding hydrogens is 356 g/mol. The molecule has 0 fully saturated rings. The van der Waals surface area contributed by atoms with E-state index in [1.807, 2.05) is 24.3 Å². The van der Waals surface area contributed by atoms with Gasteiger partial charge in [-0.3, -0.25) is 0 Å². The van der Waals surface area contributed by atoms with Crippen LogP contribution in [0.4, 0.5) is 22.9 Å². The molecule has 0 saturated heterocycles. The normalized spacial score (nSPS) is 13.1. The van der Waals surface area contributed by atoms with Gasteiger partial charge in [-0.2, -0.15) is 5.26 Å². The van der Waals surface area contributed by atoms with E-state index in [4.69, 9.17) is 0 Å². The van der Waals surface area contributed by atoms with Crippen LogP contribution in [-0.2, 0) is 0 Å². The standard InChI is InChI=1S/C25H26N4/c1-17(2)21-11-8-12-22(18(3)4)24(21)29-16-28(20-9-6-5-7-10-20)25-23(29)13-19(14-26)15-27-25/h5-13,15,17-18H,16H2,1-4H3. The Morgan fingerprint density at radius 1 is 0.897 bits per heavy atom. The number of nitrogens with zero attached hydrogens (tertiary/aromatic N) is 4. The summed E-state index contributed by atoms with van der Waals surface area (Å²) >= 11 is 0. The molecule has 0 spiro atoms. The highest BCUT2D eigenvalue weighted by Gasteiger charge is 2.32. The minimum Gasteiger partial charge on any atom is -0.319 e. The quantitative estimate of drug-likeness (QED) is 0.520. The second-order valence-corrected chi connectivity index (χ2v) is 8.11. The van der Waals surface area contributed by atoms with Gasteiger partial charge in [0.1, 0.15) is 12.7 Å². The van der Waals surface area contributed by atoms with Gasteiger partial charge in [0, 0.05) is 17.6 Å². The van der Waals surface area contributed by atoms with Crippen LogP contribution in [0.5, 0.6) is 0 Å². The van der Waals surface area contributed by atoms with E-state index in [0.29, 0.717) is 24.1 Å². The molecule has 146 valence electrons. The third kappa shape index (κ3) is 3.34. The summed E-state index contributed by atoms with van der Waals surface area (Å²) < 4.78 is 0. The van der Waals surface area contributed by atoms with Gasteiger partial charge in [-0.25, -0.2) is 4.98 Å². The van der Waals surface area contributed by atoms with Crippen molar-refractivity contribution in [2.24, 2.45) is 0 Å². The van der Waals surface area contributed by atoms with Gasteiger partial charge in [0.15, 0.2) is 5.82 Å². The first kappa shape index (κ1) is 19.0. The van der Waals surface area contributed by atoms with Crippen molar-refractivity contribution >= 4 is 22.9 Å². The van der Waals surface area contributed by atoms with Crippen LogP contribution in [0.3, 0.4) is 0 Å². The predicted molar refractivity (Wildman–Crippen MR) is 119 cm³/mol. The van der Waals surface area contributed by atoms with Gasteiger partial charge in [0.25, 0.3) is 0 Å². The molecule has 2 heterocycles. The molecule has 1 aromatic heterocycles. The minimum absolute atomic E-state index is 0.394. The van der Waals surface area contributed by atoms with Crippen molar-refractivity contribution in [3.63, 3.8) is 0 Å². The third-order valence-corrected chi connectivity index (χ3v) is 5.49. The lowest BCUT2D eigenvalue weighted by molar-refractivity contribution is 0.819. The topological polar surface area (TPSA) is 43.2 Å². The predicted octanol–water partition coefficient (Wildman–Crippen LogP) is 6.45. The Balaban J connectivity index is 1.94. The first-order valence-corrected chi connectivity index (χ1v) is 10.1. The van der Waals surface area contributed by atoms with Crippen LogP contribution in [-0.4, -0.2) is 11.7 Å². The summed E-state index contributed by atoms with van der Waals surface area (Å²) in [5, 5.41) is 9.47. The molecule has 4 heteroatoms. The van der Waals surface area contributed by atoms with Crippen LogP contribution >= 0.6 is 0 Å². The van der Waals surface area contributed by atoms with Crippen molar-refractivity contribution in [2.45, 2.75) is 39.5 Å². The van der Waals surface area contributed by atoms with Crippen molar-refractivity contribution in [3.05, 3.63) is 77.5 Å². The molecule has 3 aromatic rings. The SMILES string of the molecule is CC(C)c1cccc(C(C)C)c1N1CN(c2ccccc2)c2ncc(C#N)cc21. The summed E-state index contributed by atoms with van der Waals surface area (Å²) in [6.07, 6.45) is 1.66. The molecule has 0 saturated carbocycles. The smallest absolute Gasteiger partial charge is 0.158 e. The summed E-state index contributed by atoms with van der Waals surface area (Å²) in [7, 11) is 0. The molecule has 0 aliphatic carbocycles. The van der Waals surface area contributed by atoms with Crippen molar-refractivity contribution in [1.29, 1.82) is 5.26 Å². The third-order valence-electron chi connectivity index (χ3n) is 5.49. The molecule has 2 aromatic carbocycles. The molecule has 4 nitrogen and oxygen atoms in total. The molecule has 0 N–H and O–H groups in total. The first-order valence-electron chi connectivity index (χ1n) is 10.1. The highest BCUT2D eigenvalue weighted by Crippen LogP contribution is 2.47. The summed E-state index contributed by atoms with van der Waals surface area (Å²) in [5.74, 6) is 1.68. The number of hydrogen-bond donors (Lipinski definition) is 0. The molecule has 1 aliphatic rings. The number of anilines is 4. The number of rotatable bonds is 4. The van der Waals surface area contributed by atoms with Gasteiger partial charge >= 0.3 is 0 Å². The largest absolute Gasteiger partial charge is 0.319 e. The van der Waals surface area contributed by atoms with Crippen molar-refractivity contribution in [3.8, 4) is 6.07 Å². The molecule has 0 unspecified atom stereocenters. The molecule has 0 amide bonds. The van der Waals surface area contributed by atoms with E-state index in [1.165, 1.54) is 16.8 Å². The average molecular weight is 383 g/mol. The summed E-state index contributed by atoms with van der Waals surface area (Å²) in [6, 6.07) is 21.1. The Morgan fingerprint density at radius 2 is 1.55 bits per heavy atom. The maximum absolute atomic E-state index is 9.47. The number of pyridine rings is 1. The zero-order chi connectivity index (χ0) is 20.5. The highest BCUT2D eigenvalue weighted by atomic mass is 15.4. The van der Waals surface area contributed by atoms with Crippen LogP contribution in [0.2, 0.25) is 0 Å². The molecule has 29 heavy (non-hydrogen) atoms. The Kier molecular flexibility index (Phi) is 4.98. The number of aromatic nitrogens is 1. The molecule has 4 rings (SSSR count). The number of benzene rings is 2. The van der Waals surface area contributed by atoms with Crippen molar-refractivity contribution < 1.29 is 0 Å². The van der Waals surface area contributed by atoms with Gasteiger partial charge in [-0.15, -0.1) is 0 Å². The Morgan fingerprint density at radius 3 is 2.14 bits per heavy atom. The van der Waals surface area contributed by atoms with Gasteiger partial charge in [0.2, 0.25) is 0 Å². The average Bonchev–Trinajstić information content (AvgIpc) is 3.12. The Labute approximate surface area is 173 Å². The van der Waals surface area contributed by atoms with Gasteiger partial charge < -0.3 is 9.80 Å². The van der Waals surface area contributed by atoms with Gasteiger partial charge in [-0.05, 0) is 41.2 Å².